The van der Waals surface area contributed by atoms with Crippen molar-refractivity contribution >= 4 is 17.7 Å². The Kier molecular flexibility index (Phi) is 6.27. The molecule has 2 heterocycles. The van der Waals surface area contributed by atoms with Gasteiger partial charge in [-0.05, 0) is 81.4 Å². The van der Waals surface area contributed by atoms with Gasteiger partial charge in [-0.2, -0.15) is 0 Å². The molecular formula is C29H38O4S. The molecule has 184 valence electrons. The van der Waals surface area contributed by atoms with Gasteiger partial charge in [0.25, 0.3) is 0 Å². The molecule has 6 atom stereocenters. The number of carbonyl (C=O) groups excluding carboxylic acids is 1. The molecule has 6 unspecified atom stereocenters. The number of ether oxygens (including phenoxy) is 3. The van der Waals surface area contributed by atoms with E-state index >= 15 is 0 Å². The quantitative estimate of drug-likeness (QED) is 0.270. The second kappa shape index (κ2) is 8.83. The third-order valence-corrected chi connectivity index (χ3v) is 10.3. The summed E-state index contributed by atoms with van der Waals surface area (Å²) in [5, 5.41) is 0.0537. The molecule has 0 bridgehead atoms. The Bertz CT molecular complexity index is 985. The van der Waals surface area contributed by atoms with Crippen molar-refractivity contribution < 1.29 is 19.0 Å². The Morgan fingerprint density at radius 2 is 1.88 bits per heavy atom. The molecule has 1 aromatic carbocycles. The fourth-order valence-electron chi connectivity index (χ4n) is 7.25. The molecule has 2 aliphatic carbocycles. The monoisotopic (exact) mass is 482 g/mol. The lowest BCUT2D eigenvalue weighted by atomic mass is 9.46. The van der Waals surface area contributed by atoms with E-state index in [-0.39, 0.29) is 28.2 Å². The van der Waals surface area contributed by atoms with Crippen molar-refractivity contribution in [3.05, 3.63) is 54.1 Å². The SMILES string of the molecule is C=C1CCC2C3(C)COC(C)(C)OC3CCC2(C)C1CC(Sc1ccccc1)C1=CCOC1=O. The molecule has 4 nitrogen and oxygen atoms in total. The van der Waals surface area contributed by atoms with Crippen LogP contribution >= 0.6 is 11.8 Å². The maximum Gasteiger partial charge on any atom is 0.335 e. The van der Waals surface area contributed by atoms with Crippen LogP contribution in [0.25, 0.3) is 0 Å². The van der Waals surface area contributed by atoms with Gasteiger partial charge in [0.1, 0.15) is 6.61 Å². The van der Waals surface area contributed by atoms with Crippen molar-refractivity contribution in [3.8, 4) is 0 Å². The second-order valence-electron chi connectivity index (χ2n) is 11.6. The third-order valence-electron chi connectivity index (χ3n) is 9.04. The number of rotatable bonds is 5. The average Bonchev–Trinajstić information content (AvgIpc) is 3.22. The Balaban J connectivity index is 1.45. The molecule has 2 aliphatic heterocycles. The van der Waals surface area contributed by atoms with Crippen molar-refractivity contribution in [2.75, 3.05) is 13.2 Å². The summed E-state index contributed by atoms with van der Waals surface area (Å²) in [6.07, 6.45) is 7.43. The van der Waals surface area contributed by atoms with Crippen molar-refractivity contribution in [2.45, 2.75) is 81.8 Å². The van der Waals surface area contributed by atoms with E-state index in [2.05, 4.69) is 44.7 Å². The lowest BCUT2D eigenvalue weighted by Crippen LogP contribution is -2.63. The number of thioether (sulfide) groups is 1. The highest BCUT2D eigenvalue weighted by molar-refractivity contribution is 8.00. The van der Waals surface area contributed by atoms with Crippen LogP contribution in [0.2, 0.25) is 0 Å². The molecule has 0 amide bonds. The van der Waals surface area contributed by atoms with Gasteiger partial charge in [0.15, 0.2) is 5.79 Å². The molecule has 3 fully saturated rings. The van der Waals surface area contributed by atoms with E-state index in [9.17, 15) is 4.79 Å². The first-order chi connectivity index (χ1) is 16.1. The first-order valence-corrected chi connectivity index (χ1v) is 13.6. The highest BCUT2D eigenvalue weighted by atomic mass is 32.2. The van der Waals surface area contributed by atoms with Crippen LogP contribution in [0, 0.1) is 22.7 Å². The van der Waals surface area contributed by atoms with Gasteiger partial charge in [-0.15, -0.1) is 11.8 Å². The summed E-state index contributed by atoms with van der Waals surface area (Å²) in [5.41, 5.74) is 2.25. The minimum atomic E-state index is -0.512. The van der Waals surface area contributed by atoms with Gasteiger partial charge in [-0.25, -0.2) is 4.79 Å². The largest absolute Gasteiger partial charge is 0.458 e. The predicted molar refractivity (Wildman–Crippen MR) is 135 cm³/mol. The smallest absolute Gasteiger partial charge is 0.335 e. The van der Waals surface area contributed by atoms with E-state index in [1.54, 1.807) is 11.8 Å². The molecule has 4 aliphatic rings. The van der Waals surface area contributed by atoms with E-state index in [4.69, 9.17) is 14.2 Å². The van der Waals surface area contributed by atoms with Crippen LogP contribution in [0.4, 0.5) is 0 Å². The first-order valence-electron chi connectivity index (χ1n) is 12.7. The molecule has 5 rings (SSSR count). The maximum absolute atomic E-state index is 12.6. The van der Waals surface area contributed by atoms with Gasteiger partial charge < -0.3 is 14.2 Å². The number of cyclic esters (lactones) is 1. The highest BCUT2D eigenvalue weighted by Crippen LogP contribution is 2.64. The number of hydrogen-bond acceptors (Lipinski definition) is 5. The standard InChI is InChI=1S/C29H38O4S/c1-19-11-12-24-28(4,15-13-25-29(24,5)18-32-27(2,3)33-25)22(19)17-23(21-14-16-31-26(21)30)34-20-9-7-6-8-10-20/h6-10,14,22-25H,1,11-13,15-18H2,2-5H3. The summed E-state index contributed by atoms with van der Waals surface area (Å²) in [5.74, 6) is 0.165. The Morgan fingerprint density at radius 3 is 2.59 bits per heavy atom. The normalized spacial score (nSPS) is 37.9. The summed E-state index contributed by atoms with van der Waals surface area (Å²) < 4.78 is 18.0. The van der Waals surface area contributed by atoms with E-state index in [0.717, 1.165) is 44.3 Å². The Hall–Kier alpha value is -1.56. The lowest BCUT2D eigenvalue weighted by Gasteiger charge is -2.63. The fourth-order valence-corrected chi connectivity index (χ4v) is 8.50. The van der Waals surface area contributed by atoms with E-state index in [0.29, 0.717) is 18.4 Å². The predicted octanol–water partition coefficient (Wildman–Crippen LogP) is 6.56. The number of fused-ring (bicyclic) bond motifs is 3. The van der Waals surface area contributed by atoms with E-state index < -0.39 is 5.79 Å². The van der Waals surface area contributed by atoms with Crippen LogP contribution in [0.3, 0.4) is 0 Å². The molecule has 0 N–H and O–H groups in total. The van der Waals surface area contributed by atoms with Gasteiger partial charge in [0, 0.05) is 21.1 Å². The van der Waals surface area contributed by atoms with Gasteiger partial charge in [-0.1, -0.05) is 44.2 Å². The molecular weight excluding hydrogens is 444 g/mol. The Labute approximate surface area is 208 Å². The fraction of sp³-hybridized carbons (Fsp3) is 0.621. The second-order valence-corrected chi connectivity index (χ2v) is 12.8. The summed E-state index contributed by atoms with van der Waals surface area (Å²) in [6.45, 7) is 14.6. The molecule has 1 aromatic rings. The van der Waals surface area contributed by atoms with Crippen molar-refractivity contribution in [2.24, 2.45) is 22.7 Å². The number of benzene rings is 1. The zero-order chi connectivity index (χ0) is 24.1. The van der Waals surface area contributed by atoms with Gasteiger partial charge in [0.05, 0.1) is 12.7 Å². The summed E-state index contributed by atoms with van der Waals surface area (Å²) in [6, 6.07) is 10.4. The topological polar surface area (TPSA) is 44.8 Å². The molecule has 0 radical (unpaired) electrons. The molecule has 5 heteroatoms. The van der Waals surface area contributed by atoms with Crippen LogP contribution < -0.4 is 0 Å². The average molecular weight is 483 g/mol. The zero-order valence-corrected chi connectivity index (χ0v) is 21.8. The number of esters is 1. The van der Waals surface area contributed by atoms with E-state index in [1.807, 2.05) is 26.0 Å². The van der Waals surface area contributed by atoms with Crippen molar-refractivity contribution in [1.29, 1.82) is 0 Å². The van der Waals surface area contributed by atoms with Crippen molar-refractivity contribution in [1.82, 2.24) is 0 Å². The molecule has 2 saturated carbocycles. The van der Waals surface area contributed by atoms with Crippen LogP contribution in [-0.4, -0.2) is 36.3 Å². The molecule has 34 heavy (non-hydrogen) atoms. The number of carbonyl (C=O) groups is 1. The first kappa shape index (κ1) is 24.1. The molecule has 0 spiro atoms. The Morgan fingerprint density at radius 1 is 1.12 bits per heavy atom. The summed E-state index contributed by atoms with van der Waals surface area (Å²) in [4.78, 5) is 13.8. The zero-order valence-electron chi connectivity index (χ0n) is 21.0. The van der Waals surface area contributed by atoms with Gasteiger partial charge >= 0.3 is 5.97 Å². The van der Waals surface area contributed by atoms with Crippen molar-refractivity contribution in [3.63, 3.8) is 0 Å². The molecule has 0 aromatic heterocycles. The number of hydrogen-bond donors (Lipinski definition) is 0. The minimum absolute atomic E-state index is 0.00486. The third kappa shape index (κ3) is 4.18. The maximum atomic E-state index is 12.6. The van der Waals surface area contributed by atoms with Crippen LogP contribution in [0.5, 0.6) is 0 Å². The van der Waals surface area contributed by atoms with Crippen LogP contribution in [0.1, 0.15) is 59.8 Å². The van der Waals surface area contributed by atoms with Gasteiger partial charge in [0.2, 0.25) is 0 Å². The summed E-state index contributed by atoms with van der Waals surface area (Å²) in [7, 11) is 0. The van der Waals surface area contributed by atoms with Crippen LogP contribution in [-0.2, 0) is 19.0 Å². The minimum Gasteiger partial charge on any atom is -0.458 e. The van der Waals surface area contributed by atoms with Crippen LogP contribution in [0.15, 0.2) is 59.0 Å². The molecule has 1 saturated heterocycles. The van der Waals surface area contributed by atoms with E-state index in [1.165, 1.54) is 10.5 Å². The van der Waals surface area contributed by atoms with Gasteiger partial charge in [-0.3, -0.25) is 0 Å². The number of allylic oxidation sites excluding steroid dienone is 1. The summed E-state index contributed by atoms with van der Waals surface area (Å²) >= 11 is 1.79. The lowest BCUT2D eigenvalue weighted by molar-refractivity contribution is -0.344. The highest BCUT2D eigenvalue weighted by Gasteiger charge is 2.61.